The summed E-state index contributed by atoms with van der Waals surface area (Å²) in [5.41, 5.74) is -0.0998. The Morgan fingerprint density at radius 2 is 1.62 bits per heavy atom. The van der Waals surface area contributed by atoms with Crippen LogP contribution in [0.15, 0.2) is 55.0 Å². The van der Waals surface area contributed by atoms with Crippen LogP contribution >= 0.6 is 11.6 Å². The molecule has 0 saturated carbocycles. The monoisotopic (exact) mass is 350 g/mol. The summed E-state index contributed by atoms with van der Waals surface area (Å²) in [6.45, 7) is 0. The van der Waals surface area contributed by atoms with Crippen LogP contribution in [0, 0.1) is 0 Å². The number of nitrogens with zero attached hydrogens (tertiary/aromatic N) is 3. The Morgan fingerprint density at radius 3 is 2.33 bits per heavy atom. The number of benzene rings is 1. The molecule has 0 unspecified atom stereocenters. The number of rotatable bonds is 3. The van der Waals surface area contributed by atoms with Gasteiger partial charge in [0.1, 0.15) is 5.15 Å². The summed E-state index contributed by atoms with van der Waals surface area (Å²) in [6, 6.07) is 9.59. The molecule has 122 valence electrons. The molecule has 0 bridgehead atoms. The van der Waals surface area contributed by atoms with Crippen molar-refractivity contribution in [2.24, 2.45) is 0 Å². The lowest BCUT2D eigenvalue weighted by Crippen LogP contribution is -2.10. The maximum absolute atomic E-state index is 13.2. The average molecular weight is 351 g/mol. The lowest BCUT2D eigenvalue weighted by Gasteiger charge is -2.16. The number of hydrogen-bond donors (Lipinski definition) is 1. The molecule has 0 fully saturated rings. The second kappa shape index (κ2) is 6.45. The highest BCUT2D eigenvalue weighted by atomic mass is 35.5. The fraction of sp³-hybridized carbons (Fsp3) is 0.0625. The fourth-order valence-electron chi connectivity index (χ4n) is 2.13. The highest BCUT2D eigenvalue weighted by Gasteiger charge is 2.34. The number of alkyl halides is 3. The van der Waals surface area contributed by atoms with E-state index in [1.165, 1.54) is 0 Å². The zero-order valence-electron chi connectivity index (χ0n) is 12.0. The van der Waals surface area contributed by atoms with Crippen molar-refractivity contribution in [3.63, 3.8) is 0 Å². The molecule has 0 aliphatic heterocycles. The summed E-state index contributed by atoms with van der Waals surface area (Å²) < 4.78 is 39.5. The van der Waals surface area contributed by atoms with Gasteiger partial charge < -0.3 is 5.32 Å². The predicted octanol–water partition coefficient (Wildman–Crippen LogP) is 4.95. The Balaban J connectivity index is 2.06. The van der Waals surface area contributed by atoms with E-state index in [2.05, 4.69) is 20.3 Å². The zero-order valence-corrected chi connectivity index (χ0v) is 12.8. The van der Waals surface area contributed by atoms with Crippen molar-refractivity contribution in [2.75, 3.05) is 5.32 Å². The molecular weight excluding hydrogens is 341 g/mol. The molecule has 2 aromatic heterocycles. The van der Waals surface area contributed by atoms with Gasteiger partial charge in [0, 0.05) is 29.8 Å². The molecule has 24 heavy (non-hydrogen) atoms. The van der Waals surface area contributed by atoms with Crippen LogP contribution in [0.3, 0.4) is 0 Å². The van der Waals surface area contributed by atoms with E-state index in [-0.39, 0.29) is 10.8 Å². The van der Waals surface area contributed by atoms with Crippen molar-refractivity contribution in [2.45, 2.75) is 6.18 Å². The number of para-hydroxylation sites is 1. The van der Waals surface area contributed by atoms with Gasteiger partial charge >= 0.3 is 6.18 Å². The average Bonchev–Trinajstić information content (AvgIpc) is 2.55. The number of pyridine rings is 1. The summed E-state index contributed by atoms with van der Waals surface area (Å²) in [7, 11) is 0. The predicted molar refractivity (Wildman–Crippen MR) is 85.0 cm³/mol. The number of aromatic nitrogens is 3. The van der Waals surface area contributed by atoms with Gasteiger partial charge in [0.05, 0.1) is 11.3 Å². The first-order chi connectivity index (χ1) is 11.4. The lowest BCUT2D eigenvalue weighted by molar-refractivity contribution is -0.137. The molecule has 2 heterocycles. The van der Waals surface area contributed by atoms with E-state index in [4.69, 9.17) is 11.6 Å². The first-order valence-electron chi connectivity index (χ1n) is 6.81. The lowest BCUT2D eigenvalue weighted by atomic mass is 10.1. The number of nitrogens with one attached hydrogen (secondary N) is 1. The zero-order chi connectivity index (χ0) is 17.2. The number of halogens is 4. The van der Waals surface area contributed by atoms with Crippen LogP contribution in [-0.4, -0.2) is 15.0 Å². The SMILES string of the molecule is FC(F)(F)c1cnc(Cl)cc1Nc1ccccc1-c1ncccn1. The van der Waals surface area contributed by atoms with E-state index in [1.54, 1.807) is 42.7 Å². The van der Waals surface area contributed by atoms with Gasteiger partial charge in [0.15, 0.2) is 5.82 Å². The van der Waals surface area contributed by atoms with Gasteiger partial charge in [-0.25, -0.2) is 15.0 Å². The second-order valence-corrected chi connectivity index (χ2v) is 5.18. The highest BCUT2D eigenvalue weighted by Crippen LogP contribution is 2.38. The van der Waals surface area contributed by atoms with E-state index in [1.807, 2.05) is 0 Å². The van der Waals surface area contributed by atoms with Gasteiger partial charge in [-0.3, -0.25) is 0 Å². The minimum atomic E-state index is -4.56. The van der Waals surface area contributed by atoms with Crippen molar-refractivity contribution in [1.82, 2.24) is 15.0 Å². The Morgan fingerprint density at radius 1 is 0.917 bits per heavy atom. The third kappa shape index (κ3) is 3.46. The van der Waals surface area contributed by atoms with E-state index < -0.39 is 11.7 Å². The van der Waals surface area contributed by atoms with Gasteiger partial charge in [0.25, 0.3) is 0 Å². The highest BCUT2D eigenvalue weighted by molar-refractivity contribution is 6.29. The molecule has 4 nitrogen and oxygen atoms in total. The van der Waals surface area contributed by atoms with Crippen molar-refractivity contribution in [3.05, 3.63) is 65.7 Å². The van der Waals surface area contributed by atoms with E-state index in [0.717, 1.165) is 6.07 Å². The molecule has 1 N–H and O–H groups in total. The molecule has 0 saturated heterocycles. The van der Waals surface area contributed by atoms with Gasteiger partial charge in [0.2, 0.25) is 0 Å². The molecule has 0 amide bonds. The number of hydrogen-bond acceptors (Lipinski definition) is 4. The topological polar surface area (TPSA) is 50.7 Å². The molecule has 3 aromatic rings. The maximum Gasteiger partial charge on any atom is 0.419 e. The first kappa shape index (κ1) is 16.2. The quantitative estimate of drug-likeness (QED) is 0.679. The van der Waals surface area contributed by atoms with Crippen molar-refractivity contribution >= 4 is 23.0 Å². The summed E-state index contributed by atoms with van der Waals surface area (Å²) in [5, 5.41) is 2.72. The van der Waals surface area contributed by atoms with Crippen molar-refractivity contribution < 1.29 is 13.2 Å². The van der Waals surface area contributed by atoms with Gasteiger partial charge in [-0.2, -0.15) is 13.2 Å². The Labute approximate surface area is 140 Å². The van der Waals surface area contributed by atoms with Crippen LogP contribution in [-0.2, 0) is 6.18 Å². The molecule has 8 heteroatoms. The van der Waals surface area contributed by atoms with Crippen LogP contribution in [0.25, 0.3) is 11.4 Å². The van der Waals surface area contributed by atoms with Gasteiger partial charge in [-0.1, -0.05) is 23.7 Å². The van der Waals surface area contributed by atoms with Gasteiger partial charge in [-0.05, 0) is 24.3 Å². The first-order valence-corrected chi connectivity index (χ1v) is 7.19. The van der Waals surface area contributed by atoms with Crippen LogP contribution in [0.1, 0.15) is 5.56 Å². The standard InChI is InChI=1S/C16H10ClF3N4/c17-14-8-13(11(9-23-14)16(18,19)20)24-12-5-2-1-4-10(12)15-21-6-3-7-22-15/h1-9H,(H,23,24). The minimum Gasteiger partial charge on any atom is -0.354 e. The molecule has 0 aliphatic rings. The van der Waals surface area contributed by atoms with Crippen molar-refractivity contribution in [1.29, 1.82) is 0 Å². The van der Waals surface area contributed by atoms with Crippen LogP contribution in [0.4, 0.5) is 24.5 Å². The molecule has 0 aliphatic carbocycles. The smallest absolute Gasteiger partial charge is 0.354 e. The fourth-order valence-corrected chi connectivity index (χ4v) is 2.29. The third-order valence-corrected chi connectivity index (χ3v) is 3.39. The molecule has 1 aromatic carbocycles. The third-order valence-electron chi connectivity index (χ3n) is 3.18. The van der Waals surface area contributed by atoms with Crippen LogP contribution in [0.2, 0.25) is 5.15 Å². The Bertz CT molecular complexity index is 853. The van der Waals surface area contributed by atoms with Gasteiger partial charge in [-0.15, -0.1) is 0 Å². The minimum absolute atomic E-state index is 0.0426. The van der Waals surface area contributed by atoms with Crippen LogP contribution < -0.4 is 5.32 Å². The molecule has 0 spiro atoms. The van der Waals surface area contributed by atoms with E-state index in [0.29, 0.717) is 23.3 Å². The van der Waals surface area contributed by atoms with E-state index in [9.17, 15) is 13.2 Å². The maximum atomic E-state index is 13.2. The van der Waals surface area contributed by atoms with Crippen LogP contribution in [0.5, 0.6) is 0 Å². The van der Waals surface area contributed by atoms with Crippen molar-refractivity contribution in [3.8, 4) is 11.4 Å². The molecule has 3 rings (SSSR count). The molecule has 0 radical (unpaired) electrons. The molecular formula is C16H10ClF3N4. The molecule has 0 atom stereocenters. The number of anilines is 2. The largest absolute Gasteiger partial charge is 0.419 e. The Kier molecular flexibility index (Phi) is 4.35. The summed E-state index contributed by atoms with van der Waals surface area (Å²) in [6.07, 6.45) is -0.739. The summed E-state index contributed by atoms with van der Waals surface area (Å²) in [4.78, 5) is 11.8. The normalized spacial score (nSPS) is 11.3. The summed E-state index contributed by atoms with van der Waals surface area (Å²) >= 11 is 5.75. The Hall–Kier alpha value is -2.67. The van der Waals surface area contributed by atoms with E-state index >= 15 is 0 Å². The summed E-state index contributed by atoms with van der Waals surface area (Å²) in [5.74, 6) is 0.398. The second-order valence-electron chi connectivity index (χ2n) is 4.79.